The topological polar surface area (TPSA) is 92.1 Å². The van der Waals surface area contributed by atoms with Gasteiger partial charge in [0.15, 0.2) is 5.96 Å². The third kappa shape index (κ3) is 5.83. The van der Waals surface area contributed by atoms with Crippen molar-refractivity contribution in [2.24, 2.45) is 4.99 Å². The number of guanidine groups is 1. The number of likely N-dealkylation sites (N-methyl/N-ethyl adjacent to an activating group) is 1. The van der Waals surface area contributed by atoms with Gasteiger partial charge in [0.2, 0.25) is 5.91 Å². The zero-order chi connectivity index (χ0) is 20.5. The molecule has 0 aliphatic carbocycles. The monoisotopic (exact) mass is 390 g/mol. The van der Waals surface area contributed by atoms with Crippen molar-refractivity contribution < 1.29 is 14.3 Å². The summed E-state index contributed by atoms with van der Waals surface area (Å²) in [7, 11) is 3.43. The van der Waals surface area contributed by atoms with E-state index >= 15 is 0 Å². The molecule has 0 aromatic carbocycles. The van der Waals surface area contributed by atoms with Gasteiger partial charge >= 0.3 is 5.97 Å². The Morgan fingerprint density at radius 2 is 2.29 bits per heavy atom. The molecule has 1 aromatic heterocycles. The number of ether oxygens (including phenoxy) is 1. The molecular weight excluding hydrogens is 360 g/mol. The van der Waals surface area contributed by atoms with Crippen molar-refractivity contribution >= 4 is 17.8 Å². The Morgan fingerprint density at radius 1 is 1.50 bits per heavy atom. The molecule has 1 aromatic rings. The highest BCUT2D eigenvalue weighted by atomic mass is 16.5. The number of nitrogens with zero attached hydrogens (tertiary/aromatic N) is 5. The van der Waals surface area contributed by atoms with Gasteiger partial charge < -0.3 is 19.9 Å². The summed E-state index contributed by atoms with van der Waals surface area (Å²) in [4.78, 5) is 31.9. The van der Waals surface area contributed by atoms with Crippen LogP contribution in [0.3, 0.4) is 0 Å². The van der Waals surface area contributed by atoms with E-state index in [2.05, 4.69) is 26.9 Å². The molecule has 1 aliphatic rings. The summed E-state index contributed by atoms with van der Waals surface area (Å²) < 4.78 is 6.84. The molecule has 0 radical (unpaired) electrons. The van der Waals surface area contributed by atoms with Crippen molar-refractivity contribution in [2.75, 3.05) is 46.9 Å². The summed E-state index contributed by atoms with van der Waals surface area (Å²) in [5.41, 5.74) is 0.453. The largest absolute Gasteiger partial charge is 0.462 e. The zero-order valence-corrected chi connectivity index (χ0v) is 16.9. The van der Waals surface area contributed by atoms with E-state index < -0.39 is 0 Å². The SMILES string of the molecule is C=CCNC(=NCC(=O)N(C)C)N1CCCC(n2cc(C(=O)OCC)cn2)C1. The first-order chi connectivity index (χ1) is 13.5. The van der Waals surface area contributed by atoms with Crippen LogP contribution in [-0.2, 0) is 9.53 Å². The number of aliphatic imine (C=N–C) groups is 1. The second kappa shape index (κ2) is 10.5. The Bertz CT molecular complexity index is 712. The van der Waals surface area contributed by atoms with Crippen LogP contribution in [-0.4, -0.2) is 84.3 Å². The van der Waals surface area contributed by atoms with E-state index in [1.54, 1.807) is 33.3 Å². The number of esters is 1. The molecule has 0 bridgehead atoms. The standard InChI is InChI=1S/C19H30N6O3/c1-5-9-20-19(21-12-17(26)23(3)4)24-10-7-8-16(14-24)25-13-15(11-22-25)18(27)28-6-2/h5,11,13,16H,1,6-10,12,14H2,2-4H3,(H,20,21). The van der Waals surface area contributed by atoms with Crippen molar-refractivity contribution in [1.82, 2.24) is 24.9 Å². The van der Waals surface area contributed by atoms with Gasteiger partial charge in [0.25, 0.3) is 0 Å². The van der Waals surface area contributed by atoms with Gasteiger partial charge in [-0.3, -0.25) is 9.48 Å². The van der Waals surface area contributed by atoms with E-state index in [9.17, 15) is 9.59 Å². The molecule has 1 aliphatic heterocycles. The highest BCUT2D eigenvalue weighted by molar-refractivity contribution is 5.88. The van der Waals surface area contributed by atoms with Crippen molar-refractivity contribution in [2.45, 2.75) is 25.8 Å². The molecule has 1 fully saturated rings. The molecule has 1 unspecified atom stereocenters. The Hall–Kier alpha value is -2.84. The molecule has 9 heteroatoms. The zero-order valence-electron chi connectivity index (χ0n) is 16.9. The van der Waals surface area contributed by atoms with Crippen LogP contribution in [0.2, 0.25) is 0 Å². The van der Waals surface area contributed by atoms with Crippen LogP contribution in [0, 0.1) is 0 Å². The molecule has 2 rings (SSSR count). The normalized spacial score (nSPS) is 17.2. The van der Waals surface area contributed by atoms with Gasteiger partial charge in [-0.25, -0.2) is 9.79 Å². The summed E-state index contributed by atoms with van der Waals surface area (Å²) in [6.45, 7) is 8.01. The van der Waals surface area contributed by atoms with Crippen molar-refractivity contribution in [3.05, 3.63) is 30.6 Å². The maximum atomic E-state index is 11.9. The number of carbonyl (C=O) groups excluding carboxylic acids is 2. The van der Waals surface area contributed by atoms with Gasteiger partial charge in [0.05, 0.1) is 24.4 Å². The molecule has 9 nitrogen and oxygen atoms in total. The van der Waals surface area contributed by atoms with Crippen LogP contribution in [0.5, 0.6) is 0 Å². The van der Waals surface area contributed by atoms with E-state index in [1.807, 2.05) is 4.68 Å². The van der Waals surface area contributed by atoms with Crippen LogP contribution in [0.1, 0.15) is 36.2 Å². The second-order valence-electron chi connectivity index (χ2n) is 6.77. The molecule has 154 valence electrons. The molecule has 28 heavy (non-hydrogen) atoms. The number of piperidine rings is 1. The van der Waals surface area contributed by atoms with E-state index in [-0.39, 0.29) is 24.5 Å². The second-order valence-corrected chi connectivity index (χ2v) is 6.77. The average molecular weight is 390 g/mol. The van der Waals surface area contributed by atoms with Crippen LogP contribution < -0.4 is 5.32 Å². The minimum absolute atomic E-state index is 0.0578. The van der Waals surface area contributed by atoms with E-state index in [1.165, 1.54) is 11.1 Å². The Morgan fingerprint density at radius 3 is 2.96 bits per heavy atom. The highest BCUT2D eigenvalue weighted by Crippen LogP contribution is 2.21. The van der Waals surface area contributed by atoms with E-state index in [0.29, 0.717) is 31.2 Å². The quantitative estimate of drug-likeness (QED) is 0.322. The van der Waals surface area contributed by atoms with Gasteiger partial charge in [-0.05, 0) is 19.8 Å². The van der Waals surface area contributed by atoms with Gasteiger partial charge in [-0.2, -0.15) is 5.10 Å². The molecular formula is C19H30N6O3. The molecule has 1 atom stereocenters. The summed E-state index contributed by atoms with van der Waals surface area (Å²) in [5, 5.41) is 7.58. The third-order valence-corrected chi connectivity index (χ3v) is 4.45. The maximum absolute atomic E-state index is 11.9. The Labute approximate surface area is 166 Å². The first-order valence-electron chi connectivity index (χ1n) is 9.51. The Balaban J connectivity index is 2.09. The number of nitrogens with one attached hydrogen (secondary N) is 1. The molecule has 2 heterocycles. The summed E-state index contributed by atoms with van der Waals surface area (Å²) in [6.07, 6.45) is 6.93. The number of carbonyl (C=O) groups is 2. The van der Waals surface area contributed by atoms with Crippen LogP contribution in [0.4, 0.5) is 0 Å². The molecule has 1 amide bonds. The summed E-state index contributed by atoms with van der Waals surface area (Å²) >= 11 is 0. The van der Waals surface area contributed by atoms with E-state index in [0.717, 1.165) is 19.4 Å². The average Bonchev–Trinajstić information content (AvgIpc) is 3.18. The lowest BCUT2D eigenvalue weighted by Gasteiger charge is -2.35. The lowest BCUT2D eigenvalue weighted by atomic mass is 10.1. The third-order valence-electron chi connectivity index (χ3n) is 4.45. The van der Waals surface area contributed by atoms with E-state index in [4.69, 9.17) is 4.74 Å². The summed E-state index contributed by atoms with van der Waals surface area (Å²) in [5.74, 6) is 0.258. The predicted molar refractivity (Wildman–Crippen MR) is 107 cm³/mol. The first kappa shape index (κ1) is 21.5. The van der Waals surface area contributed by atoms with Crippen LogP contribution >= 0.6 is 0 Å². The number of hydrogen-bond acceptors (Lipinski definition) is 5. The molecule has 0 spiro atoms. The fourth-order valence-corrected chi connectivity index (χ4v) is 2.94. The smallest absolute Gasteiger partial charge is 0.341 e. The molecule has 1 N–H and O–H groups in total. The van der Waals surface area contributed by atoms with Gasteiger partial charge in [-0.1, -0.05) is 6.08 Å². The highest BCUT2D eigenvalue weighted by Gasteiger charge is 2.25. The van der Waals surface area contributed by atoms with Crippen LogP contribution in [0.15, 0.2) is 30.0 Å². The number of aromatic nitrogens is 2. The summed E-state index contributed by atoms with van der Waals surface area (Å²) in [6, 6.07) is 0.109. The number of rotatable bonds is 7. The number of hydrogen-bond donors (Lipinski definition) is 1. The van der Waals surface area contributed by atoms with Gasteiger partial charge in [-0.15, -0.1) is 6.58 Å². The fraction of sp³-hybridized carbons (Fsp3) is 0.579. The minimum atomic E-state index is -0.362. The lowest BCUT2D eigenvalue weighted by molar-refractivity contribution is -0.127. The minimum Gasteiger partial charge on any atom is -0.462 e. The van der Waals surface area contributed by atoms with Crippen LogP contribution in [0.25, 0.3) is 0 Å². The molecule has 1 saturated heterocycles. The lowest BCUT2D eigenvalue weighted by Crippen LogP contribution is -2.47. The maximum Gasteiger partial charge on any atom is 0.341 e. The fourth-order valence-electron chi connectivity index (χ4n) is 2.94. The van der Waals surface area contributed by atoms with Gasteiger partial charge in [0, 0.05) is 39.9 Å². The van der Waals surface area contributed by atoms with Gasteiger partial charge in [0.1, 0.15) is 6.54 Å². The molecule has 0 saturated carbocycles. The Kier molecular flexibility index (Phi) is 8.03. The van der Waals surface area contributed by atoms with Crippen molar-refractivity contribution in [3.8, 4) is 0 Å². The number of amides is 1. The predicted octanol–water partition coefficient (Wildman–Crippen LogP) is 0.917. The number of likely N-dealkylation sites (tertiary alicyclic amines) is 1. The van der Waals surface area contributed by atoms with Crippen molar-refractivity contribution in [3.63, 3.8) is 0 Å². The first-order valence-corrected chi connectivity index (χ1v) is 9.51. The van der Waals surface area contributed by atoms with Crippen molar-refractivity contribution in [1.29, 1.82) is 0 Å².